The van der Waals surface area contributed by atoms with Crippen LogP contribution in [0.1, 0.15) is 19.3 Å². The van der Waals surface area contributed by atoms with Crippen LogP contribution in [0.15, 0.2) is 0 Å². The molecule has 1 rings (SSSR count). The largest absolute Gasteiger partial charge is 0.325 e. The van der Waals surface area contributed by atoms with Gasteiger partial charge in [0.1, 0.15) is 6.17 Å². The normalized spacial score (nSPS) is 39.5. The first kappa shape index (κ1) is 8.94. The fourth-order valence-electron chi connectivity index (χ4n) is 1.59. The summed E-state index contributed by atoms with van der Waals surface area (Å²) < 4.78 is 13.0. The molecule has 0 heterocycles. The molecule has 0 unspecified atom stereocenters. The molecule has 0 radical (unpaired) electrons. The smallest absolute Gasteiger partial charge is 0.117 e. The summed E-state index contributed by atoms with van der Waals surface area (Å²) in [5, 5.41) is 0. The predicted octanol–water partition coefficient (Wildman–Crippen LogP) is 0.766. The zero-order valence-corrected chi connectivity index (χ0v) is 7.26. The molecule has 3 atom stereocenters. The third-order valence-electron chi connectivity index (χ3n) is 2.53. The maximum atomic E-state index is 13.0. The lowest BCUT2D eigenvalue weighted by Gasteiger charge is -2.33. The Balaban J connectivity index is 2.40. The summed E-state index contributed by atoms with van der Waals surface area (Å²) in [7, 11) is 3.99. The van der Waals surface area contributed by atoms with Crippen LogP contribution < -0.4 is 5.73 Å². The van der Waals surface area contributed by atoms with Crippen molar-refractivity contribution in [1.29, 1.82) is 0 Å². The van der Waals surface area contributed by atoms with Crippen LogP contribution >= 0.6 is 0 Å². The molecular formula is C8H17FN2. The molecule has 3 heteroatoms. The molecule has 2 nitrogen and oxygen atoms in total. The number of hydrogen-bond acceptors (Lipinski definition) is 2. The first-order valence-electron chi connectivity index (χ1n) is 4.17. The number of alkyl halides is 1. The van der Waals surface area contributed by atoms with Crippen molar-refractivity contribution >= 4 is 0 Å². The highest BCUT2D eigenvalue weighted by Crippen LogP contribution is 2.22. The molecule has 11 heavy (non-hydrogen) atoms. The van der Waals surface area contributed by atoms with Crippen LogP contribution in [0.2, 0.25) is 0 Å². The Kier molecular flexibility index (Phi) is 2.84. The van der Waals surface area contributed by atoms with Gasteiger partial charge in [0.2, 0.25) is 0 Å². The molecule has 0 bridgehead atoms. The minimum absolute atomic E-state index is 0.216. The zero-order valence-electron chi connectivity index (χ0n) is 7.26. The Morgan fingerprint density at radius 3 is 2.45 bits per heavy atom. The summed E-state index contributed by atoms with van der Waals surface area (Å²) in [4.78, 5) is 2.08. The van der Waals surface area contributed by atoms with Crippen molar-refractivity contribution < 1.29 is 4.39 Å². The van der Waals surface area contributed by atoms with E-state index in [1.54, 1.807) is 0 Å². The van der Waals surface area contributed by atoms with E-state index in [1.807, 2.05) is 14.1 Å². The van der Waals surface area contributed by atoms with E-state index in [0.717, 1.165) is 12.8 Å². The molecule has 1 saturated carbocycles. The van der Waals surface area contributed by atoms with Gasteiger partial charge in [-0.05, 0) is 33.4 Å². The molecule has 2 N–H and O–H groups in total. The van der Waals surface area contributed by atoms with E-state index in [9.17, 15) is 4.39 Å². The molecule has 0 aromatic carbocycles. The van der Waals surface area contributed by atoms with Gasteiger partial charge in [0.05, 0.1) is 0 Å². The first-order chi connectivity index (χ1) is 5.11. The van der Waals surface area contributed by atoms with Gasteiger partial charge >= 0.3 is 0 Å². The average Bonchev–Trinajstić information content (AvgIpc) is 1.94. The minimum atomic E-state index is -0.795. The van der Waals surface area contributed by atoms with E-state index in [1.165, 1.54) is 0 Å². The third-order valence-corrected chi connectivity index (χ3v) is 2.53. The number of halogens is 1. The second-order valence-corrected chi connectivity index (χ2v) is 3.61. The lowest BCUT2D eigenvalue weighted by Crippen LogP contribution is -2.44. The summed E-state index contributed by atoms with van der Waals surface area (Å²) in [6, 6.07) is 0.177. The highest BCUT2D eigenvalue weighted by molar-refractivity contribution is 4.85. The second kappa shape index (κ2) is 3.50. The van der Waals surface area contributed by atoms with Gasteiger partial charge in [-0.1, -0.05) is 0 Å². The molecule has 0 saturated heterocycles. The summed E-state index contributed by atoms with van der Waals surface area (Å²) >= 11 is 0. The highest BCUT2D eigenvalue weighted by Gasteiger charge is 2.28. The van der Waals surface area contributed by atoms with Crippen LogP contribution in [0.5, 0.6) is 0 Å². The molecule has 0 aliphatic heterocycles. The fourth-order valence-corrected chi connectivity index (χ4v) is 1.59. The highest BCUT2D eigenvalue weighted by atomic mass is 19.1. The van der Waals surface area contributed by atoms with Gasteiger partial charge in [-0.15, -0.1) is 0 Å². The van der Waals surface area contributed by atoms with Gasteiger partial charge in [0.15, 0.2) is 0 Å². The lowest BCUT2D eigenvalue weighted by atomic mass is 9.90. The zero-order chi connectivity index (χ0) is 8.43. The number of nitrogens with zero attached hydrogens (tertiary/aromatic N) is 1. The van der Waals surface area contributed by atoms with E-state index >= 15 is 0 Å². The van der Waals surface area contributed by atoms with E-state index < -0.39 is 6.17 Å². The van der Waals surface area contributed by atoms with Crippen molar-refractivity contribution in [3.05, 3.63) is 0 Å². The van der Waals surface area contributed by atoms with E-state index in [4.69, 9.17) is 5.73 Å². The Morgan fingerprint density at radius 2 is 2.00 bits per heavy atom. The maximum absolute atomic E-state index is 13.0. The monoisotopic (exact) mass is 160 g/mol. The van der Waals surface area contributed by atoms with E-state index in [2.05, 4.69) is 4.90 Å². The topological polar surface area (TPSA) is 29.3 Å². The molecule has 1 fully saturated rings. The fraction of sp³-hybridized carbons (Fsp3) is 1.00. The van der Waals surface area contributed by atoms with Crippen LogP contribution in [-0.4, -0.2) is 37.3 Å². The summed E-state index contributed by atoms with van der Waals surface area (Å²) in [6.45, 7) is 0. The van der Waals surface area contributed by atoms with Crippen LogP contribution in [0.4, 0.5) is 4.39 Å². The van der Waals surface area contributed by atoms with Gasteiger partial charge in [0, 0.05) is 12.1 Å². The van der Waals surface area contributed by atoms with Gasteiger partial charge in [-0.25, -0.2) is 4.39 Å². The molecule has 0 aromatic heterocycles. The number of hydrogen-bond donors (Lipinski definition) is 1. The lowest BCUT2D eigenvalue weighted by molar-refractivity contribution is 0.133. The minimum Gasteiger partial charge on any atom is -0.325 e. The van der Waals surface area contributed by atoms with Crippen molar-refractivity contribution in [3.8, 4) is 0 Å². The average molecular weight is 160 g/mol. The summed E-state index contributed by atoms with van der Waals surface area (Å²) in [5.41, 5.74) is 5.55. The molecule has 0 aromatic rings. The first-order valence-corrected chi connectivity index (χ1v) is 4.17. The number of nitrogens with two attached hydrogens (primary N) is 1. The molecule has 1 aliphatic rings. The van der Waals surface area contributed by atoms with Gasteiger partial charge in [0.25, 0.3) is 0 Å². The predicted molar refractivity (Wildman–Crippen MR) is 44.2 cm³/mol. The van der Waals surface area contributed by atoms with Crippen molar-refractivity contribution in [2.75, 3.05) is 14.1 Å². The van der Waals surface area contributed by atoms with Gasteiger partial charge < -0.3 is 10.6 Å². The Bertz CT molecular complexity index is 127. The molecule has 66 valence electrons. The second-order valence-electron chi connectivity index (χ2n) is 3.61. The van der Waals surface area contributed by atoms with Crippen molar-refractivity contribution in [3.63, 3.8) is 0 Å². The SMILES string of the molecule is CN(C)[C@@H]1CC[C@@H](N)[C@@H](F)C1. The quantitative estimate of drug-likeness (QED) is 0.614. The molecule has 0 spiro atoms. The van der Waals surface area contributed by atoms with Crippen LogP contribution in [0, 0.1) is 0 Å². The molecule has 0 amide bonds. The van der Waals surface area contributed by atoms with E-state index in [0.29, 0.717) is 12.5 Å². The van der Waals surface area contributed by atoms with Crippen LogP contribution in [-0.2, 0) is 0 Å². The summed E-state index contributed by atoms with van der Waals surface area (Å²) in [6.07, 6.45) is 1.67. The standard InChI is InChI=1S/C8H17FN2/c1-11(2)6-3-4-8(10)7(9)5-6/h6-8H,3-5,10H2,1-2H3/t6-,7+,8-/m1/s1. The summed E-state index contributed by atoms with van der Waals surface area (Å²) in [5.74, 6) is 0. The van der Waals surface area contributed by atoms with E-state index in [-0.39, 0.29) is 6.04 Å². The van der Waals surface area contributed by atoms with Crippen molar-refractivity contribution in [2.45, 2.75) is 37.5 Å². The maximum Gasteiger partial charge on any atom is 0.117 e. The van der Waals surface area contributed by atoms with Crippen LogP contribution in [0.25, 0.3) is 0 Å². The van der Waals surface area contributed by atoms with Gasteiger partial charge in [-0.3, -0.25) is 0 Å². The molecule has 1 aliphatic carbocycles. The number of rotatable bonds is 1. The van der Waals surface area contributed by atoms with Crippen molar-refractivity contribution in [1.82, 2.24) is 4.90 Å². The van der Waals surface area contributed by atoms with Crippen molar-refractivity contribution in [2.24, 2.45) is 5.73 Å². The third kappa shape index (κ3) is 2.14. The Labute approximate surface area is 67.6 Å². The van der Waals surface area contributed by atoms with Gasteiger partial charge in [-0.2, -0.15) is 0 Å². The van der Waals surface area contributed by atoms with Crippen LogP contribution in [0.3, 0.4) is 0 Å². The molecular weight excluding hydrogens is 143 g/mol. The Hall–Kier alpha value is -0.150. The Morgan fingerprint density at radius 1 is 1.36 bits per heavy atom.